The number of carbonyl (C=O) groups excluding carboxylic acids is 1. The van der Waals surface area contributed by atoms with Gasteiger partial charge in [0, 0.05) is 38.2 Å². The van der Waals surface area contributed by atoms with Gasteiger partial charge in [-0.2, -0.15) is 0 Å². The third kappa shape index (κ3) is 6.06. The smallest absolute Gasteiger partial charge is 0.409 e. The molecule has 2 fully saturated rings. The Kier molecular flexibility index (Phi) is 7.81. The highest BCUT2D eigenvalue weighted by atomic mass is 16.6. The first-order chi connectivity index (χ1) is 12.0. The molecule has 0 bridgehead atoms. The number of piperidine rings is 1. The molecule has 144 valence electrons. The Balaban J connectivity index is 1.75. The van der Waals surface area contributed by atoms with Crippen molar-refractivity contribution < 1.29 is 14.3 Å². The van der Waals surface area contributed by atoms with Crippen LogP contribution >= 0.6 is 0 Å². The second-order valence-corrected chi connectivity index (χ2v) is 7.31. The van der Waals surface area contributed by atoms with Gasteiger partial charge < -0.3 is 25.4 Å². The fourth-order valence-corrected chi connectivity index (χ4v) is 3.69. The Morgan fingerprint density at radius 1 is 1.36 bits per heavy atom. The highest BCUT2D eigenvalue weighted by molar-refractivity contribution is 5.78. The van der Waals surface area contributed by atoms with Crippen molar-refractivity contribution in [3.05, 3.63) is 0 Å². The normalized spacial score (nSPS) is 25.9. The average Bonchev–Trinajstić information content (AvgIpc) is 2.61. The minimum Gasteiger partial charge on any atom is -0.450 e. The summed E-state index contributed by atoms with van der Waals surface area (Å²) < 4.78 is 10.9. The van der Waals surface area contributed by atoms with Crippen molar-refractivity contribution in [2.75, 3.05) is 32.8 Å². The maximum atomic E-state index is 11.7. The van der Waals surface area contributed by atoms with Gasteiger partial charge in [0.1, 0.15) is 0 Å². The minimum atomic E-state index is -0.223. The van der Waals surface area contributed by atoms with E-state index in [2.05, 4.69) is 24.2 Å². The van der Waals surface area contributed by atoms with E-state index in [9.17, 15) is 4.79 Å². The molecule has 7 nitrogen and oxygen atoms in total. The van der Waals surface area contributed by atoms with E-state index in [-0.39, 0.29) is 18.2 Å². The summed E-state index contributed by atoms with van der Waals surface area (Å²) in [6, 6.07) is 0.262. The Labute approximate surface area is 151 Å². The quantitative estimate of drug-likeness (QED) is 0.582. The number of rotatable bonds is 5. The van der Waals surface area contributed by atoms with Crippen LogP contribution in [0.3, 0.4) is 0 Å². The number of likely N-dealkylation sites (tertiary alicyclic amines) is 1. The van der Waals surface area contributed by atoms with Crippen LogP contribution in [0, 0.1) is 11.8 Å². The second-order valence-electron chi connectivity index (χ2n) is 7.31. The lowest BCUT2D eigenvalue weighted by Gasteiger charge is -2.34. The maximum Gasteiger partial charge on any atom is 0.409 e. The molecule has 3 N–H and O–H groups in total. The first-order valence-electron chi connectivity index (χ1n) is 9.61. The van der Waals surface area contributed by atoms with Crippen LogP contribution < -0.4 is 11.1 Å². The Morgan fingerprint density at radius 3 is 2.72 bits per heavy atom. The van der Waals surface area contributed by atoms with Crippen LogP contribution in [0.15, 0.2) is 4.99 Å². The van der Waals surface area contributed by atoms with Crippen LogP contribution in [0.4, 0.5) is 4.79 Å². The lowest BCUT2D eigenvalue weighted by atomic mass is 9.87. The van der Waals surface area contributed by atoms with Gasteiger partial charge in [-0.1, -0.05) is 13.8 Å². The molecule has 2 aliphatic heterocycles. The van der Waals surface area contributed by atoms with Crippen LogP contribution in [0.5, 0.6) is 0 Å². The minimum absolute atomic E-state index is 0.223. The topological polar surface area (TPSA) is 89.2 Å². The summed E-state index contributed by atoms with van der Waals surface area (Å²) in [5.41, 5.74) is 6.08. The van der Waals surface area contributed by atoms with Crippen LogP contribution in [-0.2, 0) is 9.47 Å². The van der Waals surface area contributed by atoms with Crippen LogP contribution in [-0.4, -0.2) is 61.9 Å². The Hall–Kier alpha value is -1.50. The molecule has 0 aliphatic carbocycles. The van der Waals surface area contributed by atoms with E-state index in [1.165, 1.54) is 0 Å². The predicted molar refractivity (Wildman–Crippen MR) is 98.5 cm³/mol. The zero-order valence-electron chi connectivity index (χ0n) is 15.9. The second kappa shape index (κ2) is 9.85. The van der Waals surface area contributed by atoms with Crippen molar-refractivity contribution in [3.63, 3.8) is 0 Å². The fourth-order valence-electron chi connectivity index (χ4n) is 3.69. The van der Waals surface area contributed by atoms with Crippen LogP contribution in [0.2, 0.25) is 0 Å². The van der Waals surface area contributed by atoms with Gasteiger partial charge in [-0.25, -0.2) is 4.79 Å². The highest BCUT2D eigenvalue weighted by Gasteiger charge is 2.28. The van der Waals surface area contributed by atoms with Gasteiger partial charge in [0.15, 0.2) is 5.96 Å². The standard InChI is InChI=1S/C18H34N4O3/c1-4-24-18(23)22-9-7-15(8-10-22)21-17(19)20-12-14-6-5-11-25-16(14)13(2)3/h13-16H,4-12H2,1-3H3,(H3,19,20,21). The van der Waals surface area contributed by atoms with Crippen molar-refractivity contribution in [1.82, 2.24) is 10.2 Å². The summed E-state index contributed by atoms with van der Waals surface area (Å²) in [4.78, 5) is 18.0. The molecule has 2 heterocycles. The number of hydrogen-bond acceptors (Lipinski definition) is 4. The monoisotopic (exact) mass is 354 g/mol. The number of carbonyl (C=O) groups is 1. The van der Waals surface area contributed by atoms with Crippen LogP contribution in [0.1, 0.15) is 46.5 Å². The molecule has 0 aromatic heterocycles. The zero-order valence-corrected chi connectivity index (χ0v) is 15.9. The summed E-state index contributed by atoms with van der Waals surface area (Å²) in [6.07, 6.45) is 4.02. The lowest BCUT2D eigenvalue weighted by Crippen LogP contribution is -2.48. The molecule has 2 unspecified atom stereocenters. The number of hydrogen-bond donors (Lipinski definition) is 2. The SMILES string of the molecule is CCOC(=O)N1CCC(NC(N)=NCC2CCCOC2C(C)C)CC1. The third-order valence-corrected chi connectivity index (χ3v) is 5.02. The average molecular weight is 354 g/mol. The molecule has 0 radical (unpaired) electrons. The molecule has 7 heteroatoms. The van der Waals surface area contributed by atoms with Gasteiger partial charge in [-0.3, -0.25) is 4.99 Å². The number of nitrogens with two attached hydrogens (primary N) is 1. The summed E-state index contributed by atoms with van der Waals surface area (Å²) in [5, 5.41) is 3.30. The molecule has 0 spiro atoms. The summed E-state index contributed by atoms with van der Waals surface area (Å²) in [6.45, 7) is 9.59. The van der Waals surface area contributed by atoms with Gasteiger partial charge in [-0.15, -0.1) is 0 Å². The van der Waals surface area contributed by atoms with E-state index < -0.39 is 0 Å². The molecule has 2 saturated heterocycles. The summed E-state index contributed by atoms with van der Waals surface area (Å²) in [5.74, 6) is 1.45. The van der Waals surface area contributed by atoms with Gasteiger partial charge in [0.2, 0.25) is 0 Å². The van der Waals surface area contributed by atoms with Gasteiger partial charge in [0.25, 0.3) is 0 Å². The molecular formula is C18H34N4O3. The number of ether oxygens (including phenoxy) is 2. The van der Waals surface area contributed by atoms with E-state index in [0.29, 0.717) is 44.0 Å². The highest BCUT2D eigenvalue weighted by Crippen LogP contribution is 2.26. The first kappa shape index (κ1) is 19.8. The number of guanidine groups is 1. The molecule has 1 amide bonds. The Morgan fingerprint density at radius 2 is 2.08 bits per heavy atom. The van der Waals surface area contributed by atoms with Crippen LogP contribution in [0.25, 0.3) is 0 Å². The zero-order chi connectivity index (χ0) is 18.2. The Bertz CT molecular complexity index is 448. The van der Waals surface area contributed by atoms with E-state index in [1.54, 1.807) is 4.90 Å². The lowest BCUT2D eigenvalue weighted by molar-refractivity contribution is -0.0491. The maximum absolute atomic E-state index is 11.7. The number of aliphatic imine (C=N–C) groups is 1. The van der Waals surface area contributed by atoms with E-state index in [1.807, 2.05) is 6.92 Å². The molecule has 0 saturated carbocycles. The third-order valence-electron chi connectivity index (χ3n) is 5.02. The van der Waals surface area contributed by atoms with Crippen molar-refractivity contribution in [1.29, 1.82) is 0 Å². The fraction of sp³-hybridized carbons (Fsp3) is 0.889. The van der Waals surface area contributed by atoms with Crippen molar-refractivity contribution in [2.45, 2.75) is 58.6 Å². The van der Waals surface area contributed by atoms with Crippen molar-refractivity contribution in [3.8, 4) is 0 Å². The van der Waals surface area contributed by atoms with E-state index in [4.69, 9.17) is 15.2 Å². The summed E-state index contributed by atoms with van der Waals surface area (Å²) in [7, 11) is 0. The number of amides is 1. The van der Waals surface area contributed by atoms with Gasteiger partial charge >= 0.3 is 6.09 Å². The van der Waals surface area contributed by atoms with Gasteiger partial charge in [-0.05, 0) is 38.5 Å². The molecule has 2 atom stereocenters. The van der Waals surface area contributed by atoms with E-state index in [0.717, 1.165) is 32.3 Å². The number of nitrogens with zero attached hydrogens (tertiary/aromatic N) is 2. The predicted octanol–water partition coefficient (Wildman–Crippen LogP) is 1.96. The summed E-state index contributed by atoms with van der Waals surface area (Å²) >= 11 is 0. The first-order valence-corrected chi connectivity index (χ1v) is 9.61. The molecule has 2 aliphatic rings. The van der Waals surface area contributed by atoms with E-state index >= 15 is 0 Å². The largest absolute Gasteiger partial charge is 0.450 e. The van der Waals surface area contributed by atoms with Crippen molar-refractivity contribution >= 4 is 12.1 Å². The number of nitrogens with one attached hydrogen (secondary N) is 1. The molecule has 0 aromatic rings. The molecule has 25 heavy (non-hydrogen) atoms. The molecule has 0 aromatic carbocycles. The molecule has 2 rings (SSSR count). The van der Waals surface area contributed by atoms with Crippen molar-refractivity contribution in [2.24, 2.45) is 22.6 Å². The molecular weight excluding hydrogens is 320 g/mol. The van der Waals surface area contributed by atoms with Gasteiger partial charge in [0.05, 0.1) is 12.7 Å².